The first-order chi connectivity index (χ1) is 11.9. The quantitative estimate of drug-likeness (QED) is 0.690. The Kier molecular flexibility index (Phi) is 4.75. The van der Waals surface area contributed by atoms with Crippen LogP contribution in [0.4, 0.5) is 30.6 Å². The Balaban J connectivity index is 1.74. The third-order valence-electron chi connectivity index (χ3n) is 3.10. The lowest BCUT2D eigenvalue weighted by molar-refractivity contribution is -0.137. The van der Waals surface area contributed by atoms with E-state index in [2.05, 4.69) is 25.8 Å². The van der Waals surface area contributed by atoms with Crippen LogP contribution >= 0.6 is 11.6 Å². The molecule has 25 heavy (non-hydrogen) atoms. The van der Waals surface area contributed by atoms with Crippen molar-refractivity contribution in [2.75, 3.05) is 10.6 Å². The average molecular weight is 370 g/mol. The minimum Gasteiger partial charge on any atom is -0.467 e. The molecule has 0 radical (unpaired) electrons. The number of halogens is 4. The number of nitrogens with one attached hydrogen (secondary N) is 2. The molecule has 130 valence electrons. The fourth-order valence-corrected chi connectivity index (χ4v) is 2.21. The lowest BCUT2D eigenvalue weighted by Crippen LogP contribution is -2.08. The smallest absolute Gasteiger partial charge is 0.417 e. The summed E-state index contributed by atoms with van der Waals surface area (Å²) in [6, 6.07) is 7.00. The van der Waals surface area contributed by atoms with Gasteiger partial charge >= 0.3 is 6.18 Å². The van der Waals surface area contributed by atoms with Gasteiger partial charge in [0.25, 0.3) is 0 Å². The van der Waals surface area contributed by atoms with Gasteiger partial charge in [-0.15, -0.1) is 5.10 Å². The van der Waals surface area contributed by atoms with Gasteiger partial charge in [0.2, 0.25) is 5.95 Å². The van der Waals surface area contributed by atoms with Crippen molar-refractivity contribution in [1.82, 2.24) is 15.2 Å². The standard InChI is InChI=1S/C15H11ClF3N5O/c16-12-4-3-9(6-11(12)15(17,18)19)22-13-8-21-24-14(23-13)20-7-10-2-1-5-25-10/h1-6,8H,7H2,(H2,20,22,23,24). The van der Waals surface area contributed by atoms with Crippen LogP contribution < -0.4 is 10.6 Å². The van der Waals surface area contributed by atoms with Gasteiger partial charge in [-0.2, -0.15) is 23.3 Å². The number of furan rings is 1. The van der Waals surface area contributed by atoms with Crippen LogP contribution in [0.2, 0.25) is 5.02 Å². The predicted octanol–water partition coefficient (Wildman–Crippen LogP) is 4.49. The molecule has 2 aromatic heterocycles. The lowest BCUT2D eigenvalue weighted by atomic mass is 10.2. The van der Waals surface area contributed by atoms with Crippen molar-refractivity contribution in [2.45, 2.75) is 12.7 Å². The highest BCUT2D eigenvalue weighted by Crippen LogP contribution is 2.36. The normalized spacial score (nSPS) is 11.4. The van der Waals surface area contributed by atoms with E-state index in [1.165, 1.54) is 18.5 Å². The van der Waals surface area contributed by atoms with E-state index >= 15 is 0 Å². The Morgan fingerprint density at radius 3 is 2.76 bits per heavy atom. The highest BCUT2D eigenvalue weighted by atomic mass is 35.5. The largest absolute Gasteiger partial charge is 0.467 e. The number of aromatic nitrogens is 3. The van der Waals surface area contributed by atoms with E-state index in [1.807, 2.05) is 0 Å². The number of rotatable bonds is 5. The molecule has 0 amide bonds. The summed E-state index contributed by atoms with van der Waals surface area (Å²) in [6.07, 6.45) is -1.72. The number of nitrogens with zero attached hydrogens (tertiary/aromatic N) is 3. The summed E-state index contributed by atoms with van der Waals surface area (Å²) in [5.74, 6) is 1.10. The average Bonchev–Trinajstić information content (AvgIpc) is 3.08. The van der Waals surface area contributed by atoms with Crippen LogP contribution in [0, 0.1) is 0 Å². The van der Waals surface area contributed by atoms with Gasteiger partial charge < -0.3 is 15.1 Å². The van der Waals surface area contributed by atoms with Gasteiger partial charge in [-0.3, -0.25) is 0 Å². The molecule has 0 aliphatic carbocycles. The minimum atomic E-state index is -4.55. The summed E-state index contributed by atoms with van der Waals surface area (Å²) in [6.45, 7) is 0.345. The molecule has 0 spiro atoms. The van der Waals surface area contributed by atoms with Crippen molar-refractivity contribution in [3.05, 3.63) is 59.1 Å². The Labute approximate surface area is 145 Å². The number of benzene rings is 1. The monoisotopic (exact) mass is 369 g/mol. The zero-order valence-corrected chi connectivity index (χ0v) is 13.3. The summed E-state index contributed by atoms with van der Waals surface area (Å²) in [4.78, 5) is 4.13. The van der Waals surface area contributed by atoms with Crippen molar-refractivity contribution in [3.63, 3.8) is 0 Å². The third-order valence-corrected chi connectivity index (χ3v) is 3.43. The first-order valence-electron chi connectivity index (χ1n) is 7.01. The van der Waals surface area contributed by atoms with E-state index in [0.717, 1.165) is 12.1 Å². The summed E-state index contributed by atoms with van der Waals surface area (Å²) in [7, 11) is 0. The van der Waals surface area contributed by atoms with E-state index in [4.69, 9.17) is 16.0 Å². The maximum atomic E-state index is 12.9. The predicted molar refractivity (Wildman–Crippen MR) is 85.6 cm³/mol. The van der Waals surface area contributed by atoms with Crippen molar-refractivity contribution in [3.8, 4) is 0 Å². The van der Waals surface area contributed by atoms with Crippen molar-refractivity contribution >= 4 is 29.1 Å². The number of alkyl halides is 3. The van der Waals surface area contributed by atoms with Crippen molar-refractivity contribution in [2.24, 2.45) is 0 Å². The molecule has 2 heterocycles. The Morgan fingerprint density at radius 1 is 1.20 bits per heavy atom. The van der Waals surface area contributed by atoms with Gasteiger partial charge in [-0.25, -0.2) is 0 Å². The third kappa shape index (κ3) is 4.38. The molecule has 6 nitrogen and oxygen atoms in total. The Morgan fingerprint density at radius 2 is 2.04 bits per heavy atom. The van der Waals surface area contributed by atoms with Crippen molar-refractivity contribution in [1.29, 1.82) is 0 Å². The van der Waals surface area contributed by atoms with Crippen LogP contribution in [0.1, 0.15) is 11.3 Å². The molecule has 3 rings (SSSR count). The zero-order chi connectivity index (χ0) is 17.9. The topological polar surface area (TPSA) is 75.9 Å². The molecular weight excluding hydrogens is 359 g/mol. The molecule has 0 bridgehead atoms. The van der Waals surface area contributed by atoms with Crippen LogP contribution in [-0.4, -0.2) is 15.2 Å². The number of hydrogen-bond donors (Lipinski definition) is 2. The molecule has 1 aromatic carbocycles. The molecular formula is C15H11ClF3N5O. The molecule has 10 heteroatoms. The summed E-state index contributed by atoms with van der Waals surface area (Å²) in [5, 5.41) is 12.8. The highest BCUT2D eigenvalue weighted by molar-refractivity contribution is 6.31. The summed E-state index contributed by atoms with van der Waals surface area (Å²) < 4.78 is 43.9. The van der Waals surface area contributed by atoms with Crippen LogP contribution in [0.25, 0.3) is 0 Å². The molecule has 0 saturated carbocycles. The second-order valence-corrected chi connectivity index (χ2v) is 5.32. The molecule has 0 unspecified atom stereocenters. The molecule has 0 aliphatic heterocycles. The van der Waals surface area contributed by atoms with Crippen LogP contribution in [-0.2, 0) is 12.7 Å². The number of hydrogen-bond acceptors (Lipinski definition) is 6. The molecule has 0 saturated heterocycles. The van der Waals surface area contributed by atoms with Gasteiger partial charge in [0.15, 0.2) is 5.82 Å². The fourth-order valence-electron chi connectivity index (χ4n) is 1.99. The maximum Gasteiger partial charge on any atom is 0.417 e. The molecule has 3 aromatic rings. The highest BCUT2D eigenvalue weighted by Gasteiger charge is 2.33. The Bertz CT molecular complexity index is 855. The van der Waals surface area contributed by atoms with Gasteiger partial charge in [0.05, 0.1) is 29.6 Å². The van der Waals surface area contributed by atoms with Crippen molar-refractivity contribution < 1.29 is 17.6 Å². The van der Waals surface area contributed by atoms with E-state index in [1.54, 1.807) is 12.1 Å². The fraction of sp³-hybridized carbons (Fsp3) is 0.133. The SMILES string of the molecule is FC(F)(F)c1cc(Nc2cnnc(NCc3ccco3)n2)ccc1Cl. The second kappa shape index (κ2) is 6.98. The molecule has 2 N–H and O–H groups in total. The molecule has 0 atom stereocenters. The lowest BCUT2D eigenvalue weighted by Gasteiger charge is -2.12. The van der Waals surface area contributed by atoms with E-state index in [9.17, 15) is 13.2 Å². The first-order valence-corrected chi connectivity index (χ1v) is 7.39. The second-order valence-electron chi connectivity index (χ2n) is 4.92. The maximum absolute atomic E-state index is 12.9. The van der Waals surface area contributed by atoms with Gasteiger partial charge in [-0.1, -0.05) is 11.6 Å². The molecule has 0 fully saturated rings. The van der Waals surface area contributed by atoms with Gasteiger partial charge in [-0.05, 0) is 30.3 Å². The number of anilines is 3. The van der Waals surface area contributed by atoms with E-state index < -0.39 is 11.7 Å². The van der Waals surface area contributed by atoms with Crippen LogP contribution in [0.5, 0.6) is 0 Å². The summed E-state index contributed by atoms with van der Waals surface area (Å²) >= 11 is 5.59. The zero-order valence-electron chi connectivity index (χ0n) is 12.5. The van der Waals surface area contributed by atoms with E-state index in [-0.39, 0.29) is 22.5 Å². The summed E-state index contributed by atoms with van der Waals surface area (Å²) in [5.41, 5.74) is -0.758. The first kappa shape index (κ1) is 17.0. The molecule has 0 aliphatic rings. The van der Waals surface area contributed by atoms with Gasteiger partial charge in [0, 0.05) is 5.69 Å². The van der Waals surface area contributed by atoms with Gasteiger partial charge in [0.1, 0.15) is 5.76 Å². The Hall–Kier alpha value is -2.81. The van der Waals surface area contributed by atoms with Crippen LogP contribution in [0.15, 0.2) is 47.2 Å². The van der Waals surface area contributed by atoms with E-state index in [0.29, 0.717) is 12.3 Å². The minimum absolute atomic E-state index is 0.175. The van der Waals surface area contributed by atoms with Crippen LogP contribution in [0.3, 0.4) is 0 Å².